The van der Waals surface area contributed by atoms with Gasteiger partial charge in [-0.25, -0.2) is 0 Å². The zero-order valence-corrected chi connectivity index (χ0v) is 15.7. The van der Waals surface area contributed by atoms with Crippen molar-refractivity contribution in [3.63, 3.8) is 0 Å². The van der Waals surface area contributed by atoms with Crippen LogP contribution in [0.5, 0.6) is 11.6 Å². The molecule has 2 aromatic rings. The molecule has 0 aliphatic rings. The molecule has 0 bridgehead atoms. The van der Waals surface area contributed by atoms with Crippen molar-refractivity contribution >= 4 is 12.2 Å². The van der Waals surface area contributed by atoms with Crippen LogP contribution < -0.4 is 14.8 Å². The first-order valence-electron chi connectivity index (χ1n) is 8.20. The van der Waals surface area contributed by atoms with Crippen LogP contribution in [0.15, 0.2) is 36.4 Å². The number of aliphatic hydroxyl groups is 1. The van der Waals surface area contributed by atoms with Crippen LogP contribution in [-0.2, 0) is 0 Å². The lowest BCUT2D eigenvalue weighted by molar-refractivity contribution is 0.0921. The summed E-state index contributed by atoms with van der Waals surface area (Å²) in [5.74, 6) is 3.61. The van der Waals surface area contributed by atoms with Gasteiger partial charge in [0.2, 0.25) is 5.88 Å². The standard InChI is InChI=1S/C19H23N3O3S/c1-4-14-7-5-6-8-16(14)24-12-15(23)11-20-19(2,3)13-25-17-9-10-18(26)22-21-17/h1,5-10,15,20,23H,11-13H2,2-3H3,(H,22,26). The van der Waals surface area contributed by atoms with Gasteiger partial charge in [-0.1, -0.05) is 30.3 Å². The number of para-hydroxylation sites is 1. The number of benzene rings is 1. The molecule has 1 atom stereocenters. The molecule has 0 aliphatic carbocycles. The number of β-amino-alcohol motifs (C(OH)–C–C–N with tert-alkyl or cyclic N) is 1. The number of rotatable bonds is 9. The largest absolute Gasteiger partial charge is 0.490 e. The average molecular weight is 373 g/mol. The van der Waals surface area contributed by atoms with Crippen LogP contribution in [0.3, 0.4) is 0 Å². The fraction of sp³-hybridized carbons (Fsp3) is 0.368. The smallest absolute Gasteiger partial charge is 0.231 e. The number of nitrogens with zero attached hydrogens (tertiary/aromatic N) is 1. The molecule has 0 saturated carbocycles. The Morgan fingerprint density at radius 1 is 1.31 bits per heavy atom. The van der Waals surface area contributed by atoms with Crippen molar-refractivity contribution in [1.82, 2.24) is 15.5 Å². The van der Waals surface area contributed by atoms with Crippen molar-refractivity contribution in [1.29, 1.82) is 0 Å². The van der Waals surface area contributed by atoms with E-state index in [0.717, 1.165) is 0 Å². The van der Waals surface area contributed by atoms with Gasteiger partial charge < -0.3 is 19.9 Å². The third kappa shape index (κ3) is 6.48. The summed E-state index contributed by atoms with van der Waals surface area (Å²) < 4.78 is 11.8. The number of aromatic amines is 1. The van der Waals surface area contributed by atoms with E-state index in [-0.39, 0.29) is 12.1 Å². The van der Waals surface area contributed by atoms with Crippen molar-refractivity contribution < 1.29 is 14.6 Å². The molecule has 7 heteroatoms. The maximum absolute atomic E-state index is 10.1. The number of nitrogens with one attached hydrogen (secondary N) is 2. The van der Waals surface area contributed by atoms with Gasteiger partial charge in [0.05, 0.1) is 5.56 Å². The van der Waals surface area contributed by atoms with E-state index in [4.69, 9.17) is 28.1 Å². The molecule has 1 unspecified atom stereocenters. The van der Waals surface area contributed by atoms with Gasteiger partial charge in [-0.05, 0) is 32.0 Å². The van der Waals surface area contributed by atoms with Gasteiger partial charge in [-0.3, -0.25) is 5.10 Å². The first-order chi connectivity index (χ1) is 12.4. The van der Waals surface area contributed by atoms with Gasteiger partial charge in [0.25, 0.3) is 0 Å². The molecule has 1 heterocycles. The Morgan fingerprint density at radius 3 is 2.77 bits per heavy atom. The molecule has 2 rings (SSSR count). The third-order valence-electron chi connectivity index (χ3n) is 3.52. The molecule has 0 amide bonds. The van der Waals surface area contributed by atoms with E-state index in [9.17, 15) is 5.11 Å². The normalized spacial score (nSPS) is 12.2. The second-order valence-electron chi connectivity index (χ2n) is 6.42. The Morgan fingerprint density at radius 2 is 2.08 bits per heavy atom. The van der Waals surface area contributed by atoms with Crippen molar-refractivity contribution in [3.8, 4) is 24.0 Å². The third-order valence-corrected chi connectivity index (χ3v) is 3.75. The molecule has 26 heavy (non-hydrogen) atoms. The lowest BCUT2D eigenvalue weighted by Gasteiger charge is -2.27. The second kappa shape index (κ2) is 9.34. The predicted molar refractivity (Wildman–Crippen MR) is 103 cm³/mol. The average Bonchev–Trinajstić information content (AvgIpc) is 2.64. The molecule has 1 aromatic heterocycles. The van der Waals surface area contributed by atoms with E-state index in [1.54, 1.807) is 24.3 Å². The molecule has 0 spiro atoms. The molecule has 0 saturated heterocycles. The molecule has 138 valence electrons. The highest BCUT2D eigenvalue weighted by atomic mass is 32.1. The highest BCUT2D eigenvalue weighted by Gasteiger charge is 2.20. The van der Waals surface area contributed by atoms with Gasteiger partial charge >= 0.3 is 0 Å². The van der Waals surface area contributed by atoms with Crippen LogP contribution in [0, 0.1) is 17.0 Å². The lowest BCUT2D eigenvalue weighted by atomic mass is 10.1. The van der Waals surface area contributed by atoms with Crippen molar-refractivity contribution in [2.75, 3.05) is 19.8 Å². The number of terminal acetylenes is 1. The van der Waals surface area contributed by atoms with E-state index in [0.29, 0.717) is 35.0 Å². The van der Waals surface area contributed by atoms with Crippen molar-refractivity contribution in [2.45, 2.75) is 25.5 Å². The molecule has 6 nitrogen and oxygen atoms in total. The van der Waals surface area contributed by atoms with Crippen LogP contribution >= 0.6 is 12.2 Å². The summed E-state index contributed by atoms with van der Waals surface area (Å²) in [6, 6.07) is 10.7. The molecule has 1 aromatic carbocycles. The van der Waals surface area contributed by atoms with E-state index in [1.165, 1.54) is 0 Å². The maximum atomic E-state index is 10.1. The Labute approximate surface area is 158 Å². The molecule has 0 radical (unpaired) electrons. The lowest BCUT2D eigenvalue weighted by Crippen LogP contribution is -2.48. The molecular formula is C19H23N3O3S. The van der Waals surface area contributed by atoms with Crippen LogP contribution in [0.2, 0.25) is 0 Å². The summed E-state index contributed by atoms with van der Waals surface area (Å²) in [6.07, 6.45) is 4.74. The summed E-state index contributed by atoms with van der Waals surface area (Å²) in [4.78, 5) is 0. The van der Waals surface area contributed by atoms with Gasteiger partial charge in [-0.2, -0.15) is 0 Å². The van der Waals surface area contributed by atoms with Crippen molar-refractivity contribution in [2.24, 2.45) is 0 Å². The molecule has 0 aliphatic heterocycles. The number of hydrogen-bond acceptors (Lipinski definition) is 6. The van der Waals surface area contributed by atoms with Crippen LogP contribution in [-0.4, -0.2) is 46.7 Å². The van der Waals surface area contributed by atoms with Crippen molar-refractivity contribution in [3.05, 3.63) is 46.6 Å². The minimum absolute atomic E-state index is 0.138. The number of ether oxygens (including phenoxy) is 2. The fourth-order valence-corrected chi connectivity index (χ4v) is 2.18. The summed E-state index contributed by atoms with van der Waals surface area (Å²) >= 11 is 4.94. The van der Waals surface area contributed by atoms with Gasteiger partial charge in [0.15, 0.2) is 0 Å². The topological polar surface area (TPSA) is 79.4 Å². The Bertz CT molecular complexity index is 794. The highest BCUT2D eigenvalue weighted by Crippen LogP contribution is 2.16. The Balaban J connectivity index is 1.76. The van der Waals surface area contributed by atoms with E-state index >= 15 is 0 Å². The predicted octanol–water partition coefficient (Wildman–Crippen LogP) is 2.31. The number of aliphatic hydroxyl groups excluding tert-OH is 1. The number of hydrogen-bond donors (Lipinski definition) is 3. The zero-order valence-electron chi connectivity index (χ0n) is 14.9. The number of aromatic nitrogens is 2. The zero-order chi connectivity index (χ0) is 19.0. The molecule has 0 fully saturated rings. The summed E-state index contributed by atoms with van der Waals surface area (Å²) in [7, 11) is 0. The van der Waals surface area contributed by atoms with E-state index in [1.807, 2.05) is 26.0 Å². The summed E-state index contributed by atoms with van der Waals surface area (Å²) in [5, 5.41) is 20.1. The van der Waals surface area contributed by atoms with Gasteiger partial charge in [0.1, 0.15) is 29.7 Å². The number of H-pyrrole nitrogens is 1. The maximum Gasteiger partial charge on any atom is 0.231 e. The molecule has 3 N–H and O–H groups in total. The quantitative estimate of drug-likeness (QED) is 0.462. The van der Waals surface area contributed by atoms with E-state index < -0.39 is 6.10 Å². The fourth-order valence-electron chi connectivity index (χ4n) is 2.07. The van der Waals surface area contributed by atoms with Gasteiger partial charge in [-0.15, -0.1) is 11.5 Å². The monoisotopic (exact) mass is 373 g/mol. The molecular weight excluding hydrogens is 350 g/mol. The minimum atomic E-state index is -0.689. The second-order valence-corrected chi connectivity index (χ2v) is 6.86. The van der Waals surface area contributed by atoms with Crippen LogP contribution in [0.25, 0.3) is 0 Å². The SMILES string of the molecule is C#Cc1ccccc1OCC(O)CNC(C)(C)COc1ccc(=S)[nH]n1. The Kier molecular flexibility index (Phi) is 7.16. The summed E-state index contributed by atoms with van der Waals surface area (Å²) in [5.41, 5.74) is 0.294. The first kappa shape index (κ1) is 19.9. The van der Waals surface area contributed by atoms with Crippen LogP contribution in [0.1, 0.15) is 19.4 Å². The van der Waals surface area contributed by atoms with Gasteiger partial charge in [0, 0.05) is 18.2 Å². The minimum Gasteiger partial charge on any atom is -0.490 e. The van der Waals surface area contributed by atoms with Crippen LogP contribution in [0.4, 0.5) is 0 Å². The highest BCUT2D eigenvalue weighted by molar-refractivity contribution is 7.71. The summed E-state index contributed by atoms with van der Waals surface area (Å²) in [6.45, 7) is 4.80. The Hall–Kier alpha value is -2.40. The first-order valence-corrected chi connectivity index (χ1v) is 8.60. The van der Waals surface area contributed by atoms with E-state index in [2.05, 4.69) is 21.4 Å².